The summed E-state index contributed by atoms with van der Waals surface area (Å²) in [7, 11) is 0. The zero-order valence-corrected chi connectivity index (χ0v) is 19.1. The van der Waals surface area contributed by atoms with E-state index in [1.54, 1.807) is 29.0 Å². The van der Waals surface area contributed by atoms with Gasteiger partial charge in [0.1, 0.15) is 5.82 Å². The topological polar surface area (TPSA) is 127 Å². The molecule has 1 aliphatic heterocycles. The molecule has 0 saturated carbocycles. The summed E-state index contributed by atoms with van der Waals surface area (Å²) in [5, 5.41) is 9.16. The monoisotopic (exact) mass is 478 g/mol. The Labute approximate surface area is 198 Å². The van der Waals surface area contributed by atoms with Crippen molar-refractivity contribution in [1.29, 1.82) is 0 Å². The number of aromatic nitrogens is 5. The maximum Gasteiger partial charge on any atom is 0.417 e. The van der Waals surface area contributed by atoms with Crippen molar-refractivity contribution in [3.8, 4) is 5.82 Å². The lowest BCUT2D eigenvalue weighted by Gasteiger charge is -2.20. The van der Waals surface area contributed by atoms with Crippen molar-refractivity contribution in [2.24, 2.45) is 0 Å². The van der Waals surface area contributed by atoms with Crippen LogP contribution >= 0.6 is 11.8 Å². The summed E-state index contributed by atoms with van der Waals surface area (Å²) in [6.07, 6.45) is 5.13. The number of Topliss-reactive ketones (excluding diaryl/α,β-unsaturated/α-hetero) is 1. The molecule has 0 unspecified atom stereocenters. The van der Waals surface area contributed by atoms with Crippen LogP contribution in [0.4, 0.5) is 0 Å². The molecule has 34 heavy (non-hydrogen) atoms. The molecule has 1 N–H and O–H groups in total. The van der Waals surface area contributed by atoms with Gasteiger partial charge in [-0.2, -0.15) is 0 Å². The van der Waals surface area contributed by atoms with Crippen LogP contribution in [0.1, 0.15) is 41.9 Å². The highest BCUT2D eigenvalue weighted by Crippen LogP contribution is 2.24. The van der Waals surface area contributed by atoms with Gasteiger partial charge in [0.2, 0.25) is 5.91 Å². The van der Waals surface area contributed by atoms with Crippen LogP contribution in [0.5, 0.6) is 0 Å². The number of aromatic amines is 1. The summed E-state index contributed by atoms with van der Waals surface area (Å²) in [5.41, 5.74) is 1.31. The van der Waals surface area contributed by atoms with Gasteiger partial charge in [-0.1, -0.05) is 24.2 Å². The van der Waals surface area contributed by atoms with E-state index < -0.39 is 5.76 Å². The molecule has 0 aliphatic carbocycles. The second kappa shape index (κ2) is 9.64. The first-order chi connectivity index (χ1) is 16.6. The Hall–Kier alpha value is -3.73. The molecule has 3 aromatic heterocycles. The quantitative estimate of drug-likeness (QED) is 0.317. The minimum atomic E-state index is -0.562. The highest BCUT2D eigenvalue weighted by Gasteiger charge is 2.23. The fourth-order valence-corrected chi connectivity index (χ4v) is 4.77. The molecule has 0 bridgehead atoms. The number of benzene rings is 1. The lowest BCUT2D eigenvalue weighted by Crippen LogP contribution is -2.31. The largest absolute Gasteiger partial charge is 0.417 e. The average Bonchev–Trinajstić information content (AvgIpc) is 3.36. The molecule has 4 aromatic rings. The van der Waals surface area contributed by atoms with E-state index in [2.05, 4.69) is 20.2 Å². The van der Waals surface area contributed by atoms with Crippen molar-refractivity contribution in [3.63, 3.8) is 0 Å². The summed E-state index contributed by atoms with van der Waals surface area (Å²) in [5.74, 6) is 0.732. The summed E-state index contributed by atoms with van der Waals surface area (Å²) >= 11 is 1.24. The number of carbonyl (C=O) groups is 2. The van der Waals surface area contributed by atoms with Crippen LogP contribution in [0, 0.1) is 0 Å². The summed E-state index contributed by atoms with van der Waals surface area (Å²) in [4.78, 5) is 45.5. The molecule has 1 aromatic carbocycles. The molecule has 11 heteroatoms. The first-order valence-corrected chi connectivity index (χ1v) is 12.0. The molecular weight excluding hydrogens is 456 g/mol. The van der Waals surface area contributed by atoms with Crippen molar-refractivity contribution in [2.45, 2.75) is 37.4 Å². The molecule has 1 aliphatic rings. The number of thioether (sulfide) groups is 1. The number of oxazole rings is 1. The van der Waals surface area contributed by atoms with Gasteiger partial charge < -0.3 is 9.32 Å². The van der Waals surface area contributed by atoms with E-state index in [-0.39, 0.29) is 17.4 Å². The number of amides is 1. The maximum atomic E-state index is 12.8. The van der Waals surface area contributed by atoms with Gasteiger partial charge in [-0.25, -0.2) is 9.78 Å². The molecule has 0 radical (unpaired) electrons. The van der Waals surface area contributed by atoms with Gasteiger partial charge in [-0.05, 0) is 43.2 Å². The number of nitrogens with one attached hydrogen (secondary N) is 1. The van der Waals surface area contributed by atoms with Crippen LogP contribution in [0.25, 0.3) is 16.9 Å². The smallest absolute Gasteiger partial charge is 0.408 e. The average molecular weight is 479 g/mol. The third-order valence-corrected chi connectivity index (χ3v) is 6.59. The third-order valence-electron chi connectivity index (χ3n) is 5.66. The number of fused-ring (bicyclic) bond motifs is 1. The molecule has 1 fully saturated rings. The molecule has 5 rings (SSSR count). The number of nitrogens with zero attached hydrogens (tertiary/aromatic N) is 5. The van der Waals surface area contributed by atoms with Crippen molar-refractivity contribution in [1.82, 2.24) is 29.6 Å². The summed E-state index contributed by atoms with van der Waals surface area (Å²) in [6.45, 7) is 1.02. The fourth-order valence-electron chi connectivity index (χ4n) is 3.92. The maximum absolute atomic E-state index is 12.8. The lowest BCUT2D eigenvalue weighted by molar-refractivity contribution is -0.131. The van der Waals surface area contributed by atoms with Gasteiger partial charge in [-0.15, -0.1) is 10.2 Å². The number of carbonyl (C=O) groups excluding carboxylic acids is 2. The number of ketones is 1. The van der Waals surface area contributed by atoms with Gasteiger partial charge in [0.15, 0.2) is 22.3 Å². The highest BCUT2D eigenvalue weighted by molar-refractivity contribution is 7.99. The molecule has 0 spiro atoms. The minimum absolute atomic E-state index is 0.105. The summed E-state index contributed by atoms with van der Waals surface area (Å²) < 4.78 is 6.85. The number of likely N-dealkylation sites (tertiary alicyclic amines) is 1. The molecule has 1 amide bonds. The van der Waals surface area contributed by atoms with Gasteiger partial charge in [0.05, 0.1) is 17.8 Å². The van der Waals surface area contributed by atoms with E-state index in [4.69, 9.17) is 4.42 Å². The molecule has 1 saturated heterocycles. The SMILES string of the molecule is O=C(CSc1nnc(CN2CCCCCC2=O)n1-c1ccccn1)c1ccc2[nH]c(=O)oc2c1. The molecule has 0 atom stereocenters. The third kappa shape index (κ3) is 4.65. The second-order valence-corrected chi connectivity index (χ2v) is 8.93. The molecule has 10 nitrogen and oxygen atoms in total. The summed E-state index contributed by atoms with van der Waals surface area (Å²) in [6, 6.07) is 10.4. The Balaban J connectivity index is 1.38. The zero-order chi connectivity index (χ0) is 23.5. The Morgan fingerprint density at radius 1 is 1.12 bits per heavy atom. The van der Waals surface area contributed by atoms with E-state index in [0.29, 0.717) is 53.0 Å². The molecular formula is C23H22N6O4S. The van der Waals surface area contributed by atoms with Crippen LogP contribution in [0.2, 0.25) is 0 Å². The Kier molecular flexibility index (Phi) is 6.26. The van der Waals surface area contributed by atoms with Crippen LogP contribution in [-0.4, -0.2) is 53.6 Å². The van der Waals surface area contributed by atoms with Gasteiger partial charge in [0, 0.05) is 24.7 Å². The van der Waals surface area contributed by atoms with Gasteiger partial charge >= 0.3 is 5.76 Å². The van der Waals surface area contributed by atoms with Crippen molar-refractivity contribution in [3.05, 3.63) is 64.5 Å². The number of hydrogen-bond donors (Lipinski definition) is 1. The number of rotatable bonds is 7. The predicted molar refractivity (Wildman–Crippen MR) is 125 cm³/mol. The van der Waals surface area contributed by atoms with E-state index in [0.717, 1.165) is 19.3 Å². The first kappa shape index (κ1) is 22.1. The predicted octanol–water partition coefficient (Wildman–Crippen LogP) is 2.97. The van der Waals surface area contributed by atoms with Gasteiger partial charge in [-0.3, -0.25) is 19.1 Å². The van der Waals surface area contributed by atoms with Crippen LogP contribution in [-0.2, 0) is 11.3 Å². The number of H-pyrrole nitrogens is 1. The van der Waals surface area contributed by atoms with Crippen molar-refractivity contribution < 1.29 is 14.0 Å². The van der Waals surface area contributed by atoms with E-state index >= 15 is 0 Å². The Bertz CT molecular complexity index is 1390. The van der Waals surface area contributed by atoms with Crippen molar-refractivity contribution in [2.75, 3.05) is 12.3 Å². The Morgan fingerprint density at radius 2 is 2.03 bits per heavy atom. The second-order valence-electron chi connectivity index (χ2n) is 7.99. The van der Waals surface area contributed by atoms with E-state index in [1.807, 2.05) is 23.1 Å². The van der Waals surface area contributed by atoms with Crippen LogP contribution < -0.4 is 5.76 Å². The zero-order valence-electron chi connectivity index (χ0n) is 18.3. The standard InChI is InChI=1S/C23H22N6O4S/c30-17(15-8-9-16-18(12-15)33-23(32)25-16)14-34-22-27-26-20(29(22)19-6-3-4-10-24-19)13-28-11-5-1-2-7-21(28)31/h3-4,6,8-10,12H,1-2,5,7,11,13-14H2,(H,25,32). The molecule has 174 valence electrons. The van der Waals surface area contributed by atoms with E-state index in [1.165, 1.54) is 11.8 Å². The highest BCUT2D eigenvalue weighted by atomic mass is 32.2. The van der Waals surface area contributed by atoms with Crippen LogP contribution in [0.15, 0.2) is 57.0 Å². The van der Waals surface area contributed by atoms with E-state index in [9.17, 15) is 14.4 Å². The lowest BCUT2D eigenvalue weighted by atomic mass is 10.1. The minimum Gasteiger partial charge on any atom is -0.408 e. The first-order valence-electron chi connectivity index (χ1n) is 11.0. The van der Waals surface area contributed by atoms with Crippen LogP contribution in [0.3, 0.4) is 0 Å². The normalized spacial score (nSPS) is 14.5. The number of pyridine rings is 1. The Morgan fingerprint density at radius 3 is 2.88 bits per heavy atom. The number of hydrogen-bond acceptors (Lipinski definition) is 8. The van der Waals surface area contributed by atoms with Gasteiger partial charge in [0.25, 0.3) is 0 Å². The van der Waals surface area contributed by atoms with Crippen molar-refractivity contribution >= 4 is 34.6 Å². The molecule has 4 heterocycles. The fraction of sp³-hybridized carbons (Fsp3) is 0.304.